The zero-order valence-electron chi connectivity index (χ0n) is 9.77. The SMILES string of the molecule is CC1CCC(C)C(O)(c2cnn(C)c2)C1. The van der Waals surface area contributed by atoms with Crippen molar-refractivity contribution < 1.29 is 5.11 Å². The molecule has 3 unspecified atom stereocenters. The number of hydrogen-bond donors (Lipinski definition) is 1. The lowest BCUT2D eigenvalue weighted by atomic mass is 9.69. The van der Waals surface area contributed by atoms with Crippen LogP contribution in [-0.4, -0.2) is 14.9 Å². The molecule has 1 N–H and O–H groups in total. The van der Waals surface area contributed by atoms with Crippen molar-refractivity contribution in [2.45, 2.75) is 38.7 Å². The summed E-state index contributed by atoms with van der Waals surface area (Å²) in [6.45, 7) is 4.35. The van der Waals surface area contributed by atoms with Gasteiger partial charge in [0.15, 0.2) is 0 Å². The molecular formula is C12H20N2O. The summed E-state index contributed by atoms with van der Waals surface area (Å²) in [6, 6.07) is 0. The van der Waals surface area contributed by atoms with E-state index in [-0.39, 0.29) is 0 Å². The molecule has 1 heterocycles. The highest BCUT2D eigenvalue weighted by molar-refractivity contribution is 5.17. The summed E-state index contributed by atoms with van der Waals surface area (Å²) in [7, 11) is 1.89. The van der Waals surface area contributed by atoms with E-state index in [1.54, 1.807) is 10.9 Å². The van der Waals surface area contributed by atoms with Crippen LogP contribution in [0.3, 0.4) is 0 Å². The Bertz CT molecular complexity index is 347. The summed E-state index contributed by atoms with van der Waals surface area (Å²) < 4.78 is 1.76. The number of nitrogens with zero attached hydrogens (tertiary/aromatic N) is 2. The van der Waals surface area contributed by atoms with Crippen LogP contribution < -0.4 is 0 Å². The van der Waals surface area contributed by atoms with Gasteiger partial charge in [0.05, 0.1) is 11.8 Å². The van der Waals surface area contributed by atoms with E-state index in [2.05, 4.69) is 18.9 Å². The molecule has 1 aromatic rings. The lowest BCUT2D eigenvalue weighted by Crippen LogP contribution is -2.38. The molecule has 3 heteroatoms. The van der Waals surface area contributed by atoms with Crippen LogP contribution in [0.25, 0.3) is 0 Å². The highest BCUT2D eigenvalue weighted by atomic mass is 16.3. The van der Waals surface area contributed by atoms with Crippen molar-refractivity contribution in [1.82, 2.24) is 9.78 Å². The fourth-order valence-electron chi connectivity index (χ4n) is 2.65. The average molecular weight is 208 g/mol. The van der Waals surface area contributed by atoms with Gasteiger partial charge in [-0.05, 0) is 24.7 Å². The van der Waals surface area contributed by atoms with Crippen LogP contribution in [0.4, 0.5) is 0 Å². The van der Waals surface area contributed by atoms with Gasteiger partial charge in [-0.25, -0.2) is 0 Å². The maximum absolute atomic E-state index is 10.7. The molecule has 0 amide bonds. The normalized spacial score (nSPS) is 36.8. The highest BCUT2D eigenvalue weighted by Gasteiger charge is 2.40. The summed E-state index contributed by atoms with van der Waals surface area (Å²) in [4.78, 5) is 0. The smallest absolute Gasteiger partial charge is 0.0954 e. The van der Waals surface area contributed by atoms with E-state index in [0.29, 0.717) is 11.8 Å². The molecule has 0 radical (unpaired) electrons. The van der Waals surface area contributed by atoms with Crippen LogP contribution in [0, 0.1) is 11.8 Å². The molecule has 0 spiro atoms. The van der Waals surface area contributed by atoms with Crippen molar-refractivity contribution in [3.8, 4) is 0 Å². The van der Waals surface area contributed by atoms with Gasteiger partial charge >= 0.3 is 0 Å². The maximum Gasteiger partial charge on any atom is 0.0954 e. The van der Waals surface area contributed by atoms with Crippen molar-refractivity contribution in [1.29, 1.82) is 0 Å². The van der Waals surface area contributed by atoms with Gasteiger partial charge in [-0.1, -0.05) is 20.3 Å². The molecule has 1 saturated carbocycles. The fraction of sp³-hybridized carbons (Fsp3) is 0.750. The minimum atomic E-state index is -0.661. The van der Waals surface area contributed by atoms with Crippen molar-refractivity contribution in [2.24, 2.45) is 18.9 Å². The van der Waals surface area contributed by atoms with Gasteiger partial charge in [-0.2, -0.15) is 5.10 Å². The molecule has 1 fully saturated rings. The zero-order valence-corrected chi connectivity index (χ0v) is 9.77. The van der Waals surface area contributed by atoms with Crippen LogP contribution >= 0.6 is 0 Å². The van der Waals surface area contributed by atoms with Crippen LogP contribution in [0.2, 0.25) is 0 Å². The lowest BCUT2D eigenvalue weighted by molar-refractivity contribution is -0.0627. The minimum Gasteiger partial charge on any atom is -0.385 e. The molecule has 0 bridgehead atoms. The third-order valence-corrected chi connectivity index (χ3v) is 3.77. The second-order valence-electron chi connectivity index (χ2n) is 5.11. The number of aromatic nitrogens is 2. The third-order valence-electron chi connectivity index (χ3n) is 3.77. The van der Waals surface area contributed by atoms with Gasteiger partial charge in [0.1, 0.15) is 0 Å². The average Bonchev–Trinajstić information content (AvgIpc) is 2.59. The van der Waals surface area contributed by atoms with Gasteiger partial charge < -0.3 is 5.11 Å². The predicted octanol–water partition coefficient (Wildman–Crippen LogP) is 2.06. The van der Waals surface area contributed by atoms with E-state index in [0.717, 1.165) is 18.4 Å². The number of hydrogen-bond acceptors (Lipinski definition) is 2. The van der Waals surface area contributed by atoms with Crippen LogP contribution in [0.15, 0.2) is 12.4 Å². The minimum absolute atomic E-state index is 0.331. The second-order valence-corrected chi connectivity index (χ2v) is 5.11. The Balaban J connectivity index is 2.30. The Morgan fingerprint density at radius 1 is 1.47 bits per heavy atom. The number of rotatable bonds is 1. The van der Waals surface area contributed by atoms with E-state index in [9.17, 15) is 5.11 Å². The fourth-order valence-corrected chi connectivity index (χ4v) is 2.65. The van der Waals surface area contributed by atoms with Gasteiger partial charge in [0.2, 0.25) is 0 Å². The van der Waals surface area contributed by atoms with Crippen molar-refractivity contribution >= 4 is 0 Å². The molecule has 1 aliphatic carbocycles. The first-order valence-electron chi connectivity index (χ1n) is 5.74. The monoisotopic (exact) mass is 208 g/mol. The standard InChI is InChI=1S/C12H20N2O/c1-9-4-5-10(2)12(15,6-9)11-7-13-14(3)8-11/h7-10,15H,4-6H2,1-3H3. The molecule has 0 aromatic carbocycles. The number of aryl methyl sites for hydroxylation is 1. The first-order chi connectivity index (χ1) is 7.02. The Hall–Kier alpha value is -0.830. The van der Waals surface area contributed by atoms with Gasteiger partial charge in [-0.15, -0.1) is 0 Å². The summed E-state index contributed by atoms with van der Waals surface area (Å²) >= 11 is 0. The molecule has 1 aliphatic rings. The van der Waals surface area contributed by atoms with Crippen molar-refractivity contribution in [3.63, 3.8) is 0 Å². The van der Waals surface area contributed by atoms with Crippen molar-refractivity contribution in [2.75, 3.05) is 0 Å². The Morgan fingerprint density at radius 2 is 2.20 bits per heavy atom. The quantitative estimate of drug-likeness (QED) is 0.767. The van der Waals surface area contributed by atoms with E-state index >= 15 is 0 Å². The summed E-state index contributed by atoms with van der Waals surface area (Å²) in [5.41, 5.74) is 0.315. The van der Waals surface area contributed by atoms with Crippen LogP contribution in [0.1, 0.15) is 38.7 Å². The zero-order chi connectivity index (χ0) is 11.1. The topological polar surface area (TPSA) is 38.1 Å². The van der Waals surface area contributed by atoms with Crippen LogP contribution in [0.5, 0.6) is 0 Å². The van der Waals surface area contributed by atoms with Gasteiger partial charge in [0.25, 0.3) is 0 Å². The molecular weight excluding hydrogens is 188 g/mol. The molecule has 2 rings (SSSR count). The highest BCUT2D eigenvalue weighted by Crippen LogP contribution is 2.43. The molecule has 15 heavy (non-hydrogen) atoms. The molecule has 3 atom stereocenters. The Labute approximate surface area is 91.1 Å². The molecule has 84 valence electrons. The summed E-state index contributed by atoms with van der Waals surface area (Å²) in [5, 5.41) is 14.9. The first kappa shape index (κ1) is 10.7. The van der Waals surface area contributed by atoms with E-state index < -0.39 is 5.60 Å². The Kier molecular flexibility index (Phi) is 2.59. The van der Waals surface area contributed by atoms with Gasteiger partial charge in [0, 0.05) is 18.8 Å². The summed E-state index contributed by atoms with van der Waals surface area (Å²) in [6.07, 6.45) is 6.93. The lowest BCUT2D eigenvalue weighted by Gasteiger charge is -2.40. The van der Waals surface area contributed by atoms with Gasteiger partial charge in [-0.3, -0.25) is 4.68 Å². The van der Waals surface area contributed by atoms with E-state index in [4.69, 9.17) is 0 Å². The maximum atomic E-state index is 10.7. The predicted molar refractivity (Wildman–Crippen MR) is 59.3 cm³/mol. The molecule has 1 aromatic heterocycles. The number of aliphatic hydroxyl groups is 1. The van der Waals surface area contributed by atoms with Crippen LogP contribution in [-0.2, 0) is 12.6 Å². The second kappa shape index (κ2) is 3.63. The Morgan fingerprint density at radius 3 is 2.80 bits per heavy atom. The largest absolute Gasteiger partial charge is 0.385 e. The van der Waals surface area contributed by atoms with Crippen molar-refractivity contribution in [3.05, 3.63) is 18.0 Å². The third kappa shape index (κ3) is 1.81. The molecule has 3 nitrogen and oxygen atoms in total. The molecule has 0 saturated heterocycles. The summed E-state index contributed by atoms with van der Waals surface area (Å²) in [5.74, 6) is 0.935. The molecule has 0 aliphatic heterocycles. The van der Waals surface area contributed by atoms with E-state index in [1.165, 1.54) is 6.42 Å². The van der Waals surface area contributed by atoms with E-state index in [1.807, 2.05) is 13.2 Å². The first-order valence-corrected chi connectivity index (χ1v) is 5.74.